The lowest BCUT2D eigenvalue weighted by Gasteiger charge is -2.67. The number of carbonyl (C=O) groups excluding carboxylic acids is 2. The van der Waals surface area contributed by atoms with Gasteiger partial charge < -0.3 is 25.2 Å². The predicted molar refractivity (Wildman–Crippen MR) is 125 cm³/mol. The summed E-state index contributed by atoms with van der Waals surface area (Å²) in [7, 11) is 0. The van der Waals surface area contributed by atoms with Crippen molar-refractivity contribution < 1.29 is 34.8 Å². The van der Waals surface area contributed by atoms with Crippen molar-refractivity contribution in [2.75, 3.05) is 0 Å². The number of Topliss-reactive ketones (excluding diaryl/α,β-unsaturated/α-hetero) is 1. The first-order valence-electron chi connectivity index (χ1n) is 12.5. The predicted octanol–water partition coefficient (Wildman–Crippen LogP) is 2.09. The number of fused-ring (bicyclic) bond motifs is 5. The zero-order chi connectivity index (χ0) is 25.4. The molecule has 8 atom stereocenters. The highest BCUT2D eigenvalue weighted by atomic mass is 16.5. The maximum atomic E-state index is 13.2. The Kier molecular flexibility index (Phi) is 5.39. The number of aliphatic hydroxyl groups is 4. The number of ether oxygens (including phenoxy) is 1. The first-order valence-corrected chi connectivity index (χ1v) is 12.5. The van der Waals surface area contributed by atoms with Gasteiger partial charge in [-0.1, -0.05) is 18.6 Å². The lowest BCUT2D eigenvalue weighted by molar-refractivity contribution is -0.312. The summed E-state index contributed by atoms with van der Waals surface area (Å²) in [6.07, 6.45) is 5.28. The second-order valence-corrected chi connectivity index (χ2v) is 11.6. The van der Waals surface area contributed by atoms with Crippen LogP contribution >= 0.6 is 0 Å². The number of rotatable bonds is 3. The second-order valence-electron chi connectivity index (χ2n) is 11.6. The zero-order valence-corrected chi connectivity index (χ0v) is 20.5. The van der Waals surface area contributed by atoms with Gasteiger partial charge in [-0.2, -0.15) is 0 Å². The average Bonchev–Trinajstić information content (AvgIpc) is 3.06. The van der Waals surface area contributed by atoms with Crippen molar-refractivity contribution in [3.63, 3.8) is 0 Å². The Bertz CT molecular complexity index is 1090. The summed E-state index contributed by atoms with van der Waals surface area (Å²) in [6, 6.07) is 3.18. The van der Waals surface area contributed by atoms with Gasteiger partial charge >= 0.3 is 5.97 Å². The normalized spacial score (nSPS) is 46.6. The number of esters is 1. The molecule has 0 aliphatic heterocycles. The van der Waals surface area contributed by atoms with Gasteiger partial charge in [0.2, 0.25) is 0 Å². The summed E-state index contributed by atoms with van der Waals surface area (Å²) < 4.78 is 6.01. The Morgan fingerprint density at radius 3 is 2.54 bits per heavy atom. The average molecular weight is 486 g/mol. The smallest absolute Gasteiger partial charge is 0.339 e. The van der Waals surface area contributed by atoms with Gasteiger partial charge in [-0.3, -0.25) is 9.78 Å². The summed E-state index contributed by atoms with van der Waals surface area (Å²) in [6.45, 7) is 4.89. The fourth-order valence-corrected chi connectivity index (χ4v) is 8.05. The minimum absolute atomic E-state index is 0.00456. The van der Waals surface area contributed by atoms with Crippen molar-refractivity contribution in [2.24, 2.45) is 16.7 Å². The molecule has 0 bridgehead atoms. The molecule has 190 valence electrons. The number of hydrogen-bond donors (Lipinski definition) is 4. The molecule has 3 saturated carbocycles. The van der Waals surface area contributed by atoms with Crippen LogP contribution in [0.2, 0.25) is 0 Å². The lowest BCUT2D eigenvalue weighted by atomic mass is 9.42. The summed E-state index contributed by atoms with van der Waals surface area (Å²) in [5.41, 5.74) is -6.40. The summed E-state index contributed by atoms with van der Waals surface area (Å²) in [5, 5.41) is 46.7. The Hall–Kier alpha value is -2.13. The van der Waals surface area contributed by atoms with E-state index in [-0.39, 0.29) is 31.2 Å². The van der Waals surface area contributed by atoms with Crippen LogP contribution in [0.3, 0.4) is 0 Å². The van der Waals surface area contributed by atoms with Crippen molar-refractivity contribution in [2.45, 2.75) is 94.7 Å². The van der Waals surface area contributed by atoms with Crippen LogP contribution < -0.4 is 0 Å². The summed E-state index contributed by atoms with van der Waals surface area (Å²) in [5.74, 6) is -1.69. The van der Waals surface area contributed by atoms with Gasteiger partial charge in [0, 0.05) is 18.3 Å². The quantitative estimate of drug-likeness (QED) is 0.377. The van der Waals surface area contributed by atoms with E-state index in [1.807, 2.05) is 13.0 Å². The summed E-state index contributed by atoms with van der Waals surface area (Å²) >= 11 is 0. The largest absolute Gasteiger partial charge is 0.458 e. The van der Waals surface area contributed by atoms with E-state index in [9.17, 15) is 30.0 Å². The monoisotopic (exact) mass is 485 g/mol. The SMILES string of the molecule is CC(=O)[C@@]1(O)CC[C@@]2(O)[C@]1(C)C(OC(=O)c1cccnc1)C[C@@H]1[C@@]3(C)CC[C@H](O)CC3=CC[C@]12O. The number of pyridine rings is 1. The molecule has 5 rings (SSSR count). The molecule has 8 nitrogen and oxygen atoms in total. The molecule has 0 saturated heterocycles. The van der Waals surface area contributed by atoms with E-state index in [0.29, 0.717) is 19.3 Å². The van der Waals surface area contributed by atoms with E-state index in [4.69, 9.17) is 4.74 Å². The van der Waals surface area contributed by atoms with Crippen LogP contribution in [-0.4, -0.2) is 66.2 Å². The number of hydrogen-bond acceptors (Lipinski definition) is 8. The molecular weight excluding hydrogens is 450 g/mol. The minimum atomic E-state index is -1.98. The number of carbonyl (C=O) groups is 2. The molecule has 35 heavy (non-hydrogen) atoms. The first kappa shape index (κ1) is 24.6. The van der Waals surface area contributed by atoms with Crippen LogP contribution in [0.5, 0.6) is 0 Å². The molecule has 1 heterocycles. The molecule has 4 aliphatic carbocycles. The second kappa shape index (κ2) is 7.68. The van der Waals surface area contributed by atoms with E-state index in [1.165, 1.54) is 19.3 Å². The number of aromatic nitrogens is 1. The van der Waals surface area contributed by atoms with Gasteiger partial charge in [0.15, 0.2) is 5.78 Å². The van der Waals surface area contributed by atoms with Crippen LogP contribution in [0.4, 0.5) is 0 Å². The summed E-state index contributed by atoms with van der Waals surface area (Å²) in [4.78, 5) is 30.0. The van der Waals surface area contributed by atoms with E-state index < -0.39 is 57.5 Å². The van der Waals surface area contributed by atoms with Crippen LogP contribution in [0.15, 0.2) is 36.2 Å². The molecule has 3 fully saturated rings. The van der Waals surface area contributed by atoms with Crippen molar-refractivity contribution in [1.29, 1.82) is 0 Å². The third kappa shape index (κ3) is 2.97. The third-order valence-corrected chi connectivity index (χ3v) is 10.3. The van der Waals surface area contributed by atoms with Gasteiger partial charge in [-0.25, -0.2) is 4.79 Å². The molecule has 0 radical (unpaired) electrons. The van der Waals surface area contributed by atoms with Crippen molar-refractivity contribution in [3.8, 4) is 0 Å². The molecule has 0 amide bonds. The topological polar surface area (TPSA) is 137 Å². The molecule has 4 N–H and O–H groups in total. The molecule has 1 aromatic heterocycles. The van der Waals surface area contributed by atoms with Crippen molar-refractivity contribution in [1.82, 2.24) is 4.98 Å². The van der Waals surface area contributed by atoms with Gasteiger partial charge in [-0.15, -0.1) is 0 Å². The third-order valence-electron chi connectivity index (χ3n) is 10.3. The van der Waals surface area contributed by atoms with Crippen LogP contribution in [0.25, 0.3) is 0 Å². The van der Waals surface area contributed by atoms with Crippen LogP contribution in [0.1, 0.15) is 76.1 Å². The van der Waals surface area contributed by atoms with Gasteiger partial charge in [-0.05, 0) is 76.3 Å². The standard InChI is InChI=1S/C27H35NO7/c1-16(29)25(32)10-11-27(34)24(25,3)21(35-22(31)17-5-4-12-28-15-17)14-20-23(2)8-7-19(30)13-18(23)6-9-26(20,27)33/h4-6,12,15,19-21,30,32-34H,7-11,13-14H2,1-3H3/t19-,20+,21?,23-,24+,25-,26-,27+/m0/s1. The number of nitrogens with zero attached hydrogens (tertiary/aromatic N) is 1. The first-order chi connectivity index (χ1) is 16.3. The zero-order valence-electron chi connectivity index (χ0n) is 20.5. The van der Waals surface area contributed by atoms with Crippen LogP contribution in [0, 0.1) is 16.7 Å². The molecule has 0 spiro atoms. The van der Waals surface area contributed by atoms with Gasteiger partial charge in [0.1, 0.15) is 22.9 Å². The molecule has 0 aromatic carbocycles. The molecular formula is C27H35NO7. The van der Waals surface area contributed by atoms with E-state index in [0.717, 1.165) is 5.57 Å². The Balaban J connectivity index is 1.65. The highest BCUT2D eigenvalue weighted by molar-refractivity contribution is 5.90. The van der Waals surface area contributed by atoms with Gasteiger partial charge in [0.05, 0.1) is 17.1 Å². The van der Waals surface area contributed by atoms with Crippen molar-refractivity contribution >= 4 is 11.8 Å². The maximum Gasteiger partial charge on any atom is 0.339 e. The molecule has 1 unspecified atom stereocenters. The van der Waals surface area contributed by atoms with E-state index in [1.54, 1.807) is 19.1 Å². The minimum Gasteiger partial charge on any atom is -0.458 e. The Morgan fingerprint density at radius 2 is 1.89 bits per heavy atom. The van der Waals surface area contributed by atoms with Crippen LogP contribution in [-0.2, 0) is 9.53 Å². The van der Waals surface area contributed by atoms with Gasteiger partial charge in [0.25, 0.3) is 0 Å². The lowest BCUT2D eigenvalue weighted by Crippen LogP contribution is -2.78. The van der Waals surface area contributed by atoms with Crippen molar-refractivity contribution in [3.05, 3.63) is 41.7 Å². The fraction of sp³-hybridized carbons (Fsp3) is 0.667. The Labute approximate surface area is 205 Å². The Morgan fingerprint density at radius 1 is 1.14 bits per heavy atom. The highest BCUT2D eigenvalue weighted by Crippen LogP contribution is 2.70. The number of ketones is 1. The fourth-order valence-electron chi connectivity index (χ4n) is 8.05. The molecule has 4 aliphatic rings. The van der Waals surface area contributed by atoms with E-state index >= 15 is 0 Å². The number of aliphatic hydroxyl groups excluding tert-OH is 1. The molecule has 8 heteroatoms. The van der Waals surface area contributed by atoms with E-state index in [2.05, 4.69) is 4.98 Å². The highest BCUT2D eigenvalue weighted by Gasteiger charge is 2.81. The maximum absolute atomic E-state index is 13.2. The molecule has 1 aromatic rings.